The predicted molar refractivity (Wildman–Crippen MR) is 101 cm³/mol. The molecule has 0 saturated heterocycles. The number of benzene rings is 1. The van der Waals surface area contributed by atoms with Crippen molar-refractivity contribution in [1.82, 2.24) is 19.6 Å². The van der Waals surface area contributed by atoms with Gasteiger partial charge in [0.15, 0.2) is 0 Å². The summed E-state index contributed by atoms with van der Waals surface area (Å²) in [5.74, 6) is -0.722. The molecule has 0 aliphatic carbocycles. The lowest BCUT2D eigenvalue weighted by molar-refractivity contribution is 0.101. The van der Waals surface area contributed by atoms with Crippen molar-refractivity contribution < 1.29 is 9.59 Å². The highest BCUT2D eigenvalue weighted by Crippen LogP contribution is 2.21. The minimum Gasteiger partial charge on any atom is -0.319 e. The summed E-state index contributed by atoms with van der Waals surface area (Å²) in [5.41, 5.74) is 2.45. The maximum Gasteiger partial charge on any atom is 0.276 e. The number of halogens is 1. The molecule has 26 heavy (non-hydrogen) atoms. The Hall–Kier alpha value is -2.94. The number of carbonyl (C=O) groups excluding carboxylic acids is 2. The van der Waals surface area contributed by atoms with Crippen LogP contribution in [-0.2, 0) is 14.1 Å². The van der Waals surface area contributed by atoms with Gasteiger partial charge in [-0.05, 0) is 35.0 Å². The number of anilines is 2. The van der Waals surface area contributed by atoms with Crippen molar-refractivity contribution in [2.45, 2.75) is 6.92 Å². The summed E-state index contributed by atoms with van der Waals surface area (Å²) in [6.45, 7) is 1.85. The molecule has 0 atom stereocenters. The van der Waals surface area contributed by atoms with E-state index in [0.29, 0.717) is 21.4 Å². The molecule has 2 heterocycles. The molecule has 0 spiro atoms. The van der Waals surface area contributed by atoms with Gasteiger partial charge in [-0.25, -0.2) is 0 Å². The first-order chi connectivity index (χ1) is 12.4. The van der Waals surface area contributed by atoms with Crippen molar-refractivity contribution in [2.75, 3.05) is 10.6 Å². The van der Waals surface area contributed by atoms with Crippen molar-refractivity contribution in [3.63, 3.8) is 0 Å². The zero-order valence-electron chi connectivity index (χ0n) is 14.4. The molecule has 0 radical (unpaired) electrons. The van der Waals surface area contributed by atoms with Crippen LogP contribution in [-0.4, -0.2) is 31.4 Å². The molecule has 134 valence electrons. The normalized spacial score (nSPS) is 10.6. The lowest BCUT2D eigenvalue weighted by atomic mass is 10.2. The first-order valence-electron chi connectivity index (χ1n) is 7.76. The number of hydrogen-bond donors (Lipinski definition) is 2. The van der Waals surface area contributed by atoms with E-state index in [1.807, 2.05) is 13.0 Å². The molecule has 3 rings (SSSR count). The van der Waals surface area contributed by atoms with E-state index in [-0.39, 0.29) is 17.5 Å². The smallest absolute Gasteiger partial charge is 0.276 e. The van der Waals surface area contributed by atoms with Crippen molar-refractivity contribution in [3.05, 3.63) is 58.1 Å². The van der Waals surface area contributed by atoms with Gasteiger partial charge in [0, 0.05) is 18.6 Å². The number of nitrogens with one attached hydrogen (secondary N) is 2. The van der Waals surface area contributed by atoms with Crippen LogP contribution in [0.1, 0.15) is 26.5 Å². The van der Waals surface area contributed by atoms with E-state index in [1.54, 1.807) is 43.2 Å². The van der Waals surface area contributed by atoms with Crippen LogP contribution in [0.2, 0.25) is 0 Å². The molecule has 0 aliphatic heterocycles. The van der Waals surface area contributed by atoms with Crippen molar-refractivity contribution in [3.8, 4) is 0 Å². The summed E-state index contributed by atoms with van der Waals surface area (Å²) in [7, 11) is 3.43. The van der Waals surface area contributed by atoms with Crippen LogP contribution < -0.4 is 10.6 Å². The van der Waals surface area contributed by atoms with Gasteiger partial charge in [0.05, 0.1) is 35.0 Å². The molecule has 0 fully saturated rings. The summed E-state index contributed by atoms with van der Waals surface area (Å²) in [5, 5.41) is 13.7. The summed E-state index contributed by atoms with van der Waals surface area (Å²) >= 11 is 3.35. The second kappa shape index (κ2) is 7.12. The standard InChI is InChI=1S/C17H17BrN6O2/c1-10-13(8-19-23(10)2)21-17(26)15-14(9-20-24(15)3)22-16(25)11-6-4-5-7-12(11)18/h4-9H,1-3H3,(H,21,26)(H,22,25). The van der Waals surface area contributed by atoms with E-state index in [9.17, 15) is 9.59 Å². The second-order valence-electron chi connectivity index (χ2n) is 5.69. The largest absolute Gasteiger partial charge is 0.319 e. The van der Waals surface area contributed by atoms with Gasteiger partial charge in [-0.2, -0.15) is 10.2 Å². The molecular weight excluding hydrogens is 400 g/mol. The van der Waals surface area contributed by atoms with Gasteiger partial charge in [0.1, 0.15) is 5.69 Å². The number of aromatic nitrogens is 4. The Morgan fingerprint density at radius 1 is 0.962 bits per heavy atom. The van der Waals surface area contributed by atoms with Gasteiger partial charge < -0.3 is 10.6 Å². The number of carbonyl (C=O) groups is 2. The third-order valence-corrected chi connectivity index (χ3v) is 4.70. The van der Waals surface area contributed by atoms with Crippen LogP contribution in [0.25, 0.3) is 0 Å². The van der Waals surface area contributed by atoms with Crippen LogP contribution in [0.5, 0.6) is 0 Å². The fourth-order valence-electron chi connectivity index (χ4n) is 2.44. The van der Waals surface area contributed by atoms with E-state index in [1.165, 1.54) is 10.9 Å². The molecule has 9 heteroatoms. The van der Waals surface area contributed by atoms with Gasteiger partial charge in [-0.1, -0.05) is 12.1 Å². The van der Waals surface area contributed by atoms with E-state index in [4.69, 9.17) is 0 Å². The summed E-state index contributed by atoms with van der Waals surface area (Å²) in [6.07, 6.45) is 3.02. The molecule has 2 N–H and O–H groups in total. The molecule has 3 aromatic rings. The minimum atomic E-state index is -0.386. The lowest BCUT2D eigenvalue weighted by Crippen LogP contribution is -2.20. The molecule has 0 aliphatic rings. The zero-order valence-corrected chi connectivity index (χ0v) is 16.0. The summed E-state index contributed by atoms with van der Waals surface area (Å²) in [4.78, 5) is 25.2. The molecule has 0 bridgehead atoms. The second-order valence-corrected chi connectivity index (χ2v) is 6.54. The van der Waals surface area contributed by atoms with Gasteiger partial charge >= 0.3 is 0 Å². The SMILES string of the molecule is Cc1c(NC(=O)c2c(NC(=O)c3ccccc3Br)cnn2C)cnn1C. The third kappa shape index (κ3) is 3.38. The van der Waals surface area contributed by atoms with Crippen LogP contribution in [0, 0.1) is 6.92 Å². The Labute approximate surface area is 158 Å². The fraction of sp³-hybridized carbons (Fsp3) is 0.176. The molecule has 0 unspecified atom stereocenters. The minimum absolute atomic E-state index is 0.244. The zero-order chi connectivity index (χ0) is 18.8. The van der Waals surface area contributed by atoms with Crippen LogP contribution in [0.4, 0.5) is 11.4 Å². The van der Waals surface area contributed by atoms with Crippen molar-refractivity contribution >= 4 is 39.1 Å². The average Bonchev–Trinajstić information content (AvgIpc) is 3.12. The highest BCUT2D eigenvalue weighted by molar-refractivity contribution is 9.10. The Kier molecular flexibility index (Phi) is 4.90. The maximum absolute atomic E-state index is 12.7. The fourth-order valence-corrected chi connectivity index (χ4v) is 2.90. The van der Waals surface area contributed by atoms with E-state index >= 15 is 0 Å². The van der Waals surface area contributed by atoms with E-state index in [2.05, 4.69) is 36.8 Å². The van der Waals surface area contributed by atoms with Crippen molar-refractivity contribution in [2.24, 2.45) is 14.1 Å². The van der Waals surface area contributed by atoms with Gasteiger partial charge in [0.2, 0.25) is 0 Å². The number of hydrogen-bond acceptors (Lipinski definition) is 4. The van der Waals surface area contributed by atoms with Gasteiger partial charge in [-0.3, -0.25) is 19.0 Å². The molecule has 1 aromatic carbocycles. The topological polar surface area (TPSA) is 93.8 Å². The third-order valence-electron chi connectivity index (χ3n) is 4.00. The number of aryl methyl sites for hydroxylation is 2. The Morgan fingerprint density at radius 3 is 2.23 bits per heavy atom. The predicted octanol–water partition coefficient (Wildman–Crippen LogP) is 2.73. The molecule has 2 aromatic heterocycles. The quantitative estimate of drug-likeness (QED) is 0.683. The maximum atomic E-state index is 12.7. The van der Waals surface area contributed by atoms with E-state index in [0.717, 1.165) is 5.69 Å². The number of nitrogens with zero attached hydrogens (tertiary/aromatic N) is 4. The Balaban J connectivity index is 1.85. The monoisotopic (exact) mass is 416 g/mol. The molecule has 0 saturated carbocycles. The first-order valence-corrected chi connectivity index (χ1v) is 8.55. The molecule has 2 amide bonds. The van der Waals surface area contributed by atoms with Crippen LogP contribution >= 0.6 is 15.9 Å². The van der Waals surface area contributed by atoms with Crippen molar-refractivity contribution in [1.29, 1.82) is 0 Å². The van der Waals surface area contributed by atoms with Gasteiger partial charge in [-0.15, -0.1) is 0 Å². The number of rotatable bonds is 4. The summed E-state index contributed by atoms with van der Waals surface area (Å²) < 4.78 is 3.74. The van der Waals surface area contributed by atoms with Crippen LogP contribution in [0.15, 0.2) is 41.1 Å². The number of amides is 2. The Morgan fingerprint density at radius 2 is 1.58 bits per heavy atom. The highest BCUT2D eigenvalue weighted by Gasteiger charge is 2.21. The van der Waals surface area contributed by atoms with Gasteiger partial charge in [0.25, 0.3) is 11.8 Å². The lowest BCUT2D eigenvalue weighted by Gasteiger charge is -2.09. The Bertz CT molecular complexity index is 991. The molecular formula is C17H17BrN6O2. The average molecular weight is 417 g/mol. The molecule has 8 nitrogen and oxygen atoms in total. The summed E-state index contributed by atoms with van der Waals surface area (Å²) in [6, 6.07) is 7.05. The first kappa shape index (κ1) is 17.9. The highest BCUT2D eigenvalue weighted by atomic mass is 79.9. The van der Waals surface area contributed by atoms with Crippen LogP contribution in [0.3, 0.4) is 0 Å². The van der Waals surface area contributed by atoms with E-state index < -0.39 is 0 Å².